The molecule has 0 aliphatic carbocycles. The van der Waals surface area contributed by atoms with Gasteiger partial charge in [-0.2, -0.15) is 23.4 Å². The Morgan fingerprint density at radius 1 is 1.44 bits per heavy atom. The van der Waals surface area contributed by atoms with Crippen molar-refractivity contribution in [3.8, 4) is 0 Å². The molecule has 2 heterocycles. The number of nitrogens with zero attached hydrogens (tertiary/aromatic N) is 4. The van der Waals surface area contributed by atoms with E-state index >= 15 is 0 Å². The number of rotatable bonds is 7. The fourth-order valence-electron chi connectivity index (χ4n) is 2.12. The fraction of sp³-hybridized carbons (Fsp3) is 0.533. The van der Waals surface area contributed by atoms with Crippen LogP contribution < -0.4 is 5.32 Å². The highest BCUT2D eigenvalue weighted by Crippen LogP contribution is 2.28. The highest BCUT2D eigenvalue weighted by Gasteiger charge is 2.34. The van der Waals surface area contributed by atoms with Crippen LogP contribution in [-0.2, 0) is 29.0 Å². The summed E-state index contributed by atoms with van der Waals surface area (Å²) in [5.74, 6) is -0.908. The third kappa shape index (κ3) is 5.05. The van der Waals surface area contributed by atoms with Crippen LogP contribution in [0.25, 0.3) is 0 Å². The summed E-state index contributed by atoms with van der Waals surface area (Å²) in [6.45, 7) is 5.85. The zero-order valence-electron chi connectivity index (χ0n) is 14.2. The Morgan fingerprint density at radius 3 is 2.76 bits per heavy atom. The van der Waals surface area contributed by atoms with E-state index in [0.29, 0.717) is 18.0 Å². The zero-order valence-corrected chi connectivity index (χ0v) is 14.2. The number of hydrogen-bond acceptors (Lipinski definition) is 4. The van der Waals surface area contributed by atoms with Gasteiger partial charge >= 0.3 is 6.18 Å². The predicted molar refractivity (Wildman–Crippen MR) is 83.6 cm³/mol. The lowest BCUT2D eigenvalue weighted by Crippen LogP contribution is -2.25. The first-order valence-corrected chi connectivity index (χ1v) is 7.73. The van der Waals surface area contributed by atoms with E-state index in [0.717, 1.165) is 6.07 Å². The molecule has 7 nitrogen and oxygen atoms in total. The molecule has 2 aromatic heterocycles. The summed E-state index contributed by atoms with van der Waals surface area (Å²) in [7, 11) is 0. The van der Waals surface area contributed by atoms with Gasteiger partial charge in [-0.25, -0.2) is 4.68 Å². The van der Waals surface area contributed by atoms with E-state index < -0.39 is 17.8 Å². The molecule has 0 radical (unpaired) electrons. The number of hydrogen-bond donors (Lipinski definition) is 1. The van der Waals surface area contributed by atoms with Crippen LogP contribution in [-0.4, -0.2) is 32.1 Å². The van der Waals surface area contributed by atoms with Gasteiger partial charge in [-0.1, -0.05) is 6.92 Å². The number of halogens is 3. The third-order valence-corrected chi connectivity index (χ3v) is 3.49. The molecular formula is C15H20F3N5O2. The molecule has 0 fully saturated rings. The molecule has 1 amide bonds. The molecule has 10 heteroatoms. The van der Waals surface area contributed by atoms with Gasteiger partial charge in [0.1, 0.15) is 6.73 Å². The van der Waals surface area contributed by atoms with E-state index in [1.54, 1.807) is 13.1 Å². The van der Waals surface area contributed by atoms with Gasteiger partial charge in [0.2, 0.25) is 5.91 Å². The molecule has 0 aliphatic heterocycles. The Kier molecular flexibility index (Phi) is 5.83. The number of carbonyl (C=O) groups is 1. The van der Waals surface area contributed by atoms with Crippen molar-refractivity contribution in [1.82, 2.24) is 19.6 Å². The smallest absolute Gasteiger partial charge is 0.360 e. The van der Waals surface area contributed by atoms with Crippen LogP contribution in [0.1, 0.15) is 25.2 Å². The molecule has 1 unspecified atom stereocenters. The van der Waals surface area contributed by atoms with E-state index in [2.05, 4.69) is 15.5 Å². The monoisotopic (exact) mass is 359 g/mol. The lowest BCUT2D eigenvalue weighted by molar-refractivity contribution is -0.141. The number of nitrogens with one attached hydrogen (secondary N) is 1. The van der Waals surface area contributed by atoms with Crippen molar-refractivity contribution in [2.45, 2.75) is 40.2 Å². The van der Waals surface area contributed by atoms with Gasteiger partial charge in [0.25, 0.3) is 0 Å². The second-order valence-electron chi connectivity index (χ2n) is 5.63. The second-order valence-corrected chi connectivity index (χ2v) is 5.63. The zero-order chi connectivity index (χ0) is 18.6. The Labute approximate surface area is 142 Å². The second kappa shape index (κ2) is 7.68. The first-order chi connectivity index (χ1) is 11.7. The van der Waals surface area contributed by atoms with Crippen molar-refractivity contribution in [2.75, 3.05) is 11.9 Å². The highest BCUT2D eigenvalue weighted by atomic mass is 19.4. The molecule has 0 bridgehead atoms. The minimum absolute atomic E-state index is 0.0425. The molecule has 0 aliphatic rings. The van der Waals surface area contributed by atoms with E-state index in [1.807, 2.05) is 6.92 Å². The summed E-state index contributed by atoms with van der Waals surface area (Å²) >= 11 is 0. The molecule has 25 heavy (non-hydrogen) atoms. The minimum Gasteiger partial charge on any atom is -0.360 e. The van der Waals surface area contributed by atoms with E-state index in [1.165, 1.54) is 22.5 Å². The quantitative estimate of drug-likeness (QED) is 0.825. The van der Waals surface area contributed by atoms with Crippen LogP contribution in [0.3, 0.4) is 0 Å². The van der Waals surface area contributed by atoms with Gasteiger partial charge in [0.15, 0.2) is 5.69 Å². The van der Waals surface area contributed by atoms with Crippen molar-refractivity contribution in [3.05, 3.63) is 29.8 Å². The molecule has 0 saturated carbocycles. The Bertz CT molecular complexity index is 723. The topological polar surface area (TPSA) is 74.0 Å². The summed E-state index contributed by atoms with van der Waals surface area (Å²) in [5, 5.41) is 10.2. The highest BCUT2D eigenvalue weighted by molar-refractivity contribution is 5.91. The number of anilines is 1. The predicted octanol–water partition coefficient (Wildman–Crippen LogP) is 2.68. The van der Waals surface area contributed by atoms with E-state index in [4.69, 9.17) is 4.74 Å². The average molecular weight is 359 g/mol. The molecule has 1 atom stereocenters. The van der Waals surface area contributed by atoms with E-state index in [-0.39, 0.29) is 19.2 Å². The Balaban J connectivity index is 1.96. The Hall–Kier alpha value is -2.36. The summed E-state index contributed by atoms with van der Waals surface area (Å²) in [5.41, 5.74) is -0.129. The number of aromatic nitrogens is 4. The van der Waals surface area contributed by atoms with Crippen molar-refractivity contribution in [2.24, 2.45) is 5.92 Å². The molecule has 2 rings (SSSR count). The first-order valence-electron chi connectivity index (χ1n) is 7.73. The lowest BCUT2D eigenvalue weighted by Gasteiger charge is -2.12. The summed E-state index contributed by atoms with van der Waals surface area (Å²) in [6, 6.07) is 0.961. The van der Waals surface area contributed by atoms with Gasteiger partial charge in [-0.15, -0.1) is 0 Å². The SMILES string of the molecule is CCOCn1cc(NC(=O)C(C)Cn2nc(C(F)(F)F)cc2C)cn1. The van der Waals surface area contributed by atoms with Crippen LogP contribution >= 0.6 is 0 Å². The normalized spacial score (nSPS) is 13.0. The molecule has 0 spiro atoms. The van der Waals surface area contributed by atoms with Gasteiger partial charge in [0, 0.05) is 12.3 Å². The van der Waals surface area contributed by atoms with Crippen molar-refractivity contribution < 1.29 is 22.7 Å². The lowest BCUT2D eigenvalue weighted by atomic mass is 10.1. The van der Waals surface area contributed by atoms with Crippen LogP contribution in [0.4, 0.5) is 18.9 Å². The number of carbonyl (C=O) groups excluding carboxylic acids is 1. The maximum atomic E-state index is 12.7. The molecular weight excluding hydrogens is 339 g/mol. The number of amides is 1. The summed E-state index contributed by atoms with van der Waals surface area (Å²) in [4.78, 5) is 12.2. The van der Waals surface area contributed by atoms with Crippen molar-refractivity contribution in [3.63, 3.8) is 0 Å². The summed E-state index contributed by atoms with van der Waals surface area (Å²) in [6.07, 6.45) is -1.41. The van der Waals surface area contributed by atoms with Gasteiger partial charge in [-0.05, 0) is 19.9 Å². The number of alkyl halides is 3. The number of ether oxygens (including phenoxy) is 1. The van der Waals surface area contributed by atoms with Crippen molar-refractivity contribution >= 4 is 11.6 Å². The third-order valence-electron chi connectivity index (χ3n) is 3.49. The maximum absolute atomic E-state index is 12.7. The average Bonchev–Trinajstić information content (AvgIpc) is 3.12. The maximum Gasteiger partial charge on any atom is 0.435 e. The van der Waals surface area contributed by atoms with Gasteiger partial charge < -0.3 is 10.1 Å². The van der Waals surface area contributed by atoms with Crippen LogP contribution in [0, 0.1) is 12.8 Å². The van der Waals surface area contributed by atoms with E-state index in [9.17, 15) is 18.0 Å². The molecule has 0 saturated heterocycles. The van der Waals surface area contributed by atoms with Crippen molar-refractivity contribution in [1.29, 1.82) is 0 Å². The standard InChI is InChI=1S/C15H20F3N5O2/c1-4-25-9-22-8-12(6-19-22)20-14(24)10(2)7-23-11(3)5-13(21-23)15(16,17)18/h5-6,8,10H,4,7,9H2,1-3H3,(H,20,24). The molecule has 1 N–H and O–H groups in total. The number of aryl methyl sites for hydroxylation is 1. The van der Waals surface area contributed by atoms with Crippen LogP contribution in [0.5, 0.6) is 0 Å². The van der Waals surface area contributed by atoms with Gasteiger partial charge in [0.05, 0.1) is 30.5 Å². The molecule has 0 aromatic carbocycles. The van der Waals surface area contributed by atoms with Crippen LogP contribution in [0.15, 0.2) is 18.5 Å². The largest absolute Gasteiger partial charge is 0.435 e. The Morgan fingerprint density at radius 2 is 2.16 bits per heavy atom. The molecule has 138 valence electrons. The minimum atomic E-state index is -4.50. The summed E-state index contributed by atoms with van der Waals surface area (Å²) < 4.78 is 45.9. The molecule has 2 aromatic rings. The fourth-order valence-corrected chi connectivity index (χ4v) is 2.12. The van der Waals surface area contributed by atoms with Crippen LogP contribution in [0.2, 0.25) is 0 Å². The first kappa shape index (κ1) is 19.0. The van der Waals surface area contributed by atoms with Gasteiger partial charge in [-0.3, -0.25) is 9.48 Å².